The number of fused-ring (bicyclic) bond motifs is 6. The molecule has 1 fully saturated rings. The number of anilines is 2. The van der Waals surface area contributed by atoms with Crippen LogP contribution in [0.1, 0.15) is 169 Å². The Bertz CT molecular complexity index is 3690. The van der Waals surface area contributed by atoms with Gasteiger partial charge in [-0.25, -0.2) is 0 Å². The molecule has 2 amide bonds. The minimum atomic E-state index is -0.196. The second kappa shape index (κ2) is 36.1. The van der Waals surface area contributed by atoms with Crippen LogP contribution in [-0.2, 0) is 43.7 Å². The molecule has 10 heteroatoms. The molecule has 0 radical (unpaired) electrons. The molecule has 496 valence electrons. The van der Waals surface area contributed by atoms with Crippen LogP contribution in [0.3, 0.4) is 0 Å². The van der Waals surface area contributed by atoms with Crippen molar-refractivity contribution in [2.75, 3.05) is 29.4 Å². The van der Waals surface area contributed by atoms with Crippen LogP contribution in [0.2, 0.25) is 0 Å². The second-order valence-corrected chi connectivity index (χ2v) is 27.4. The number of nitrogens with zero attached hydrogens (tertiary/aromatic N) is 7. The van der Waals surface area contributed by atoms with E-state index < -0.39 is 0 Å². The Morgan fingerprint density at radius 1 is 0.387 bits per heavy atom. The third-order valence-corrected chi connectivity index (χ3v) is 18.5. The standard InChI is InChI=1S/C13H13NO2S.2C12H17N.C11H15N.C11H13N.C11H15N.C11H13N.2CH4/c1-9(2)14-12(15)11(17-13(14)16)8-10-6-4-3-5-7-10;1-10(2)13-9-5-7-11-6-3-4-8-12(11)13;1-10(2)13-8-7-11-5-3-4-6-12(11)9-13;2*1-9(2)12-7-10-5-3-4-6-11(10)8-12;2*1-9(2)12-8-7-10-5-3-4-6-11(10)12;;/h3-9H,1-2H3;3-4,6,8,10H,5,7,9H2,1-2H3;3-6,10H,7-9H2,1-2H3;3-6,9H,7-8H2,1-2H3;3-9H,1-2H3;3-6,9H,7-8H2,1-2H3;3-9H,1-2H3;2*1H4/b11-8+;;;;;;;;. The van der Waals surface area contributed by atoms with E-state index in [-0.39, 0.29) is 32.0 Å². The van der Waals surface area contributed by atoms with Crippen LogP contribution < -0.4 is 9.80 Å². The SMILES string of the molecule is C.C.CC(C)N1C(=O)S/C(=C/c2ccccc2)C1=O.CC(C)N1CCCc2ccccc21.CC(C)N1CCc2ccccc21.CC(C)N1CCc2ccccc2C1.CC(C)N1Cc2ccccc2C1.CC(C)n1cc2ccccc2c1.CC(C)n1ccc2ccccc21. The summed E-state index contributed by atoms with van der Waals surface area (Å²) in [4.78, 5) is 35.4. The van der Waals surface area contributed by atoms with Gasteiger partial charge in [-0.3, -0.25) is 24.3 Å². The van der Waals surface area contributed by atoms with Gasteiger partial charge < -0.3 is 18.9 Å². The summed E-state index contributed by atoms with van der Waals surface area (Å²) in [5.74, 6) is -0.196. The molecule has 0 N–H and O–H groups in total. The van der Waals surface area contributed by atoms with Crippen molar-refractivity contribution >= 4 is 62.0 Å². The zero-order chi connectivity index (χ0) is 65.1. The summed E-state index contributed by atoms with van der Waals surface area (Å²) in [6, 6.07) is 67.2. The van der Waals surface area contributed by atoms with Gasteiger partial charge in [-0.1, -0.05) is 173 Å². The monoisotopic (exact) mass is 1270 g/mol. The number of hydrogen-bond acceptors (Lipinski definition) is 7. The largest absolute Gasteiger partial charge is 0.369 e. The van der Waals surface area contributed by atoms with E-state index in [9.17, 15) is 9.59 Å². The number of amides is 2. The highest BCUT2D eigenvalue weighted by atomic mass is 32.2. The molecule has 0 aliphatic carbocycles. The number of rotatable bonds is 8. The lowest BCUT2D eigenvalue weighted by atomic mass is 9.99. The fourth-order valence-electron chi connectivity index (χ4n) is 12.3. The molecule has 2 aromatic heterocycles. The number of hydrogen-bond donors (Lipinski definition) is 0. The predicted octanol–water partition coefficient (Wildman–Crippen LogP) is 21.0. The first-order chi connectivity index (χ1) is 43.8. The Balaban J connectivity index is 0.000000172. The van der Waals surface area contributed by atoms with Crippen molar-refractivity contribution in [1.82, 2.24) is 23.8 Å². The summed E-state index contributed by atoms with van der Waals surface area (Å²) in [5.41, 5.74) is 14.2. The van der Waals surface area contributed by atoms with Crippen LogP contribution in [0.15, 0.2) is 205 Å². The molecule has 0 spiro atoms. The quantitative estimate of drug-likeness (QED) is 0.141. The minimum absolute atomic E-state index is 0. The molecule has 0 atom stereocenters. The van der Waals surface area contributed by atoms with Gasteiger partial charge in [-0.2, -0.15) is 0 Å². The molecule has 0 bridgehead atoms. The molecule has 9 nitrogen and oxygen atoms in total. The Morgan fingerprint density at radius 2 is 0.828 bits per heavy atom. The lowest BCUT2D eigenvalue weighted by Crippen LogP contribution is -2.35. The molecule has 1 saturated heterocycles. The molecule has 7 aromatic carbocycles. The average Bonchev–Trinajstić information content (AvgIpc) is 2.02. The fraction of sp³-hybridized carbons (Fsp3) is 0.398. The molecule has 5 aliphatic heterocycles. The molecule has 0 saturated carbocycles. The van der Waals surface area contributed by atoms with Crippen molar-refractivity contribution < 1.29 is 9.59 Å². The van der Waals surface area contributed by atoms with Crippen molar-refractivity contribution in [2.24, 2.45) is 0 Å². The molecule has 93 heavy (non-hydrogen) atoms. The van der Waals surface area contributed by atoms with E-state index in [1.54, 1.807) is 11.6 Å². The van der Waals surface area contributed by atoms with Crippen LogP contribution >= 0.6 is 11.8 Å². The molecule has 14 rings (SSSR count). The Kier molecular flexibility index (Phi) is 28.9. The summed E-state index contributed by atoms with van der Waals surface area (Å²) in [5, 5.41) is 3.79. The lowest BCUT2D eigenvalue weighted by Gasteiger charge is -2.34. The smallest absolute Gasteiger partial charge is 0.293 e. The van der Waals surface area contributed by atoms with Gasteiger partial charge in [0.1, 0.15) is 0 Å². The highest BCUT2D eigenvalue weighted by molar-refractivity contribution is 8.18. The highest BCUT2D eigenvalue weighted by Gasteiger charge is 2.36. The zero-order valence-electron chi connectivity index (χ0n) is 57.1. The maximum absolute atomic E-state index is 12.0. The van der Waals surface area contributed by atoms with Gasteiger partial charge in [0.05, 0.1) is 4.91 Å². The Hall–Kier alpha value is -7.63. The van der Waals surface area contributed by atoms with Crippen LogP contribution in [0.5, 0.6) is 0 Å². The average molecular weight is 1270 g/mol. The van der Waals surface area contributed by atoms with E-state index in [1.165, 1.54) is 111 Å². The van der Waals surface area contributed by atoms with Gasteiger partial charge in [0.2, 0.25) is 0 Å². The van der Waals surface area contributed by atoms with Gasteiger partial charge in [-0.05, 0) is 220 Å². The van der Waals surface area contributed by atoms with E-state index >= 15 is 0 Å². The molecule has 9 aromatic rings. The van der Waals surface area contributed by atoms with Crippen molar-refractivity contribution in [3.8, 4) is 0 Å². The first-order valence-electron chi connectivity index (χ1n) is 33.5. The third-order valence-electron chi connectivity index (χ3n) is 17.6. The number of thioether (sulfide) groups is 1. The highest BCUT2D eigenvalue weighted by Crippen LogP contribution is 2.34. The van der Waals surface area contributed by atoms with Crippen LogP contribution in [0, 0.1) is 0 Å². The molecular formula is C83H111N7O2S. The molecular weight excluding hydrogens is 1160 g/mol. The minimum Gasteiger partial charge on any atom is -0.369 e. The summed E-state index contributed by atoms with van der Waals surface area (Å²) in [6.45, 7) is 37.6. The third kappa shape index (κ3) is 20.4. The van der Waals surface area contributed by atoms with Crippen molar-refractivity contribution in [3.05, 3.63) is 244 Å². The molecule has 0 unspecified atom stereocenters. The summed E-state index contributed by atoms with van der Waals surface area (Å²) < 4.78 is 4.53. The first-order valence-corrected chi connectivity index (χ1v) is 34.3. The number of imide groups is 1. The van der Waals surface area contributed by atoms with Gasteiger partial charge in [0, 0.05) is 117 Å². The van der Waals surface area contributed by atoms with E-state index in [1.807, 2.05) is 44.2 Å². The summed E-state index contributed by atoms with van der Waals surface area (Å²) in [6.07, 6.45) is 13.3. The van der Waals surface area contributed by atoms with Crippen molar-refractivity contribution in [2.45, 2.75) is 199 Å². The normalized spacial score (nSPS) is 15.2. The summed E-state index contributed by atoms with van der Waals surface area (Å²) >= 11 is 1.00. The Labute approximate surface area is 565 Å². The van der Waals surface area contributed by atoms with Crippen LogP contribution in [0.25, 0.3) is 27.8 Å². The Morgan fingerprint density at radius 3 is 1.33 bits per heavy atom. The van der Waals surface area contributed by atoms with Gasteiger partial charge >= 0.3 is 0 Å². The van der Waals surface area contributed by atoms with E-state index in [0.29, 0.717) is 41.2 Å². The lowest BCUT2D eigenvalue weighted by molar-refractivity contribution is -0.123. The molecule has 7 heterocycles. The molecule has 5 aliphatic rings. The van der Waals surface area contributed by atoms with Crippen molar-refractivity contribution in [3.63, 3.8) is 0 Å². The number of carbonyl (C=O) groups excluding carboxylic acids is 2. The van der Waals surface area contributed by atoms with E-state index in [2.05, 4.69) is 282 Å². The number of aryl methyl sites for hydroxylation is 1. The number of para-hydroxylation sites is 3. The fourth-order valence-corrected chi connectivity index (χ4v) is 13.2. The second-order valence-electron chi connectivity index (χ2n) is 26.4. The van der Waals surface area contributed by atoms with Gasteiger partial charge in [0.15, 0.2) is 0 Å². The predicted molar refractivity (Wildman–Crippen MR) is 404 cm³/mol. The zero-order valence-corrected chi connectivity index (χ0v) is 57.9. The maximum atomic E-state index is 12.0. The van der Waals surface area contributed by atoms with Gasteiger partial charge in [0.25, 0.3) is 11.1 Å². The first kappa shape index (κ1) is 74.4. The number of aromatic nitrogens is 2. The summed E-state index contributed by atoms with van der Waals surface area (Å²) in [7, 11) is 0. The number of carbonyl (C=O) groups is 2. The van der Waals surface area contributed by atoms with Crippen LogP contribution in [0.4, 0.5) is 16.2 Å². The maximum Gasteiger partial charge on any atom is 0.293 e. The van der Waals surface area contributed by atoms with E-state index in [0.717, 1.165) is 37.0 Å². The number of benzene rings is 7. The van der Waals surface area contributed by atoms with E-state index in [4.69, 9.17) is 0 Å². The van der Waals surface area contributed by atoms with Crippen molar-refractivity contribution in [1.29, 1.82) is 0 Å². The topological polar surface area (TPSA) is 60.2 Å². The van der Waals surface area contributed by atoms with Crippen LogP contribution in [-0.4, -0.2) is 84.8 Å². The van der Waals surface area contributed by atoms with Gasteiger partial charge in [-0.15, -0.1) is 0 Å².